The van der Waals surface area contributed by atoms with Crippen LogP contribution in [0.25, 0.3) is 0 Å². The van der Waals surface area contributed by atoms with Crippen molar-refractivity contribution in [2.45, 2.75) is 38.5 Å². The quantitative estimate of drug-likeness (QED) is 0.500. The van der Waals surface area contributed by atoms with Crippen LogP contribution in [-0.4, -0.2) is 14.2 Å². The van der Waals surface area contributed by atoms with Crippen LogP contribution in [0.3, 0.4) is 0 Å². The first-order valence-electron chi connectivity index (χ1n) is 9.69. The van der Waals surface area contributed by atoms with Gasteiger partial charge in [-0.25, -0.2) is 0 Å². The first-order chi connectivity index (χ1) is 13.3. The molecular formula is C26H30O2. The van der Waals surface area contributed by atoms with Gasteiger partial charge in [0.15, 0.2) is 0 Å². The largest absolute Gasteiger partial charge is 0.497 e. The summed E-state index contributed by atoms with van der Waals surface area (Å²) in [5, 5.41) is 0. The molecule has 0 aliphatic carbocycles. The Balaban J connectivity index is 1.97. The van der Waals surface area contributed by atoms with E-state index in [2.05, 4.69) is 76.2 Å². The molecule has 3 aromatic rings. The molecule has 0 bridgehead atoms. The number of hydrogen-bond donors (Lipinski definition) is 0. The van der Waals surface area contributed by atoms with Gasteiger partial charge in [0.1, 0.15) is 11.5 Å². The lowest BCUT2D eigenvalue weighted by atomic mass is 9.73. The van der Waals surface area contributed by atoms with Crippen LogP contribution in [0.4, 0.5) is 0 Å². The van der Waals surface area contributed by atoms with Gasteiger partial charge < -0.3 is 9.47 Å². The molecule has 0 aliphatic rings. The fraction of sp³-hybridized carbons (Fsp3) is 0.308. The fourth-order valence-electron chi connectivity index (χ4n) is 3.65. The summed E-state index contributed by atoms with van der Waals surface area (Å²) in [5.74, 6) is 1.77. The molecule has 0 amide bonds. The highest BCUT2D eigenvalue weighted by atomic mass is 16.5. The van der Waals surface area contributed by atoms with Crippen molar-refractivity contribution in [2.75, 3.05) is 14.2 Å². The minimum absolute atomic E-state index is 0.0989. The number of hydrogen-bond acceptors (Lipinski definition) is 2. The van der Waals surface area contributed by atoms with Gasteiger partial charge in [-0.15, -0.1) is 0 Å². The second kappa shape index (κ2) is 7.71. The molecule has 0 heterocycles. The highest BCUT2D eigenvalue weighted by molar-refractivity contribution is 5.46. The second-order valence-electron chi connectivity index (χ2n) is 8.29. The highest BCUT2D eigenvalue weighted by Crippen LogP contribution is 2.37. The predicted octanol–water partition coefficient (Wildman–Crippen LogP) is 6.36. The summed E-state index contributed by atoms with van der Waals surface area (Å²) < 4.78 is 10.6. The predicted molar refractivity (Wildman–Crippen MR) is 117 cm³/mol. The van der Waals surface area contributed by atoms with E-state index in [1.54, 1.807) is 14.2 Å². The van der Waals surface area contributed by atoms with Crippen LogP contribution >= 0.6 is 0 Å². The van der Waals surface area contributed by atoms with Crippen molar-refractivity contribution in [3.05, 3.63) is 95.1 Å². The van der Waals surface area contributed by atoms with Gasteiger partial charge in [0.25, 0.3) is 0 Å². The van der Waals surface area contributed by atoms with Crippen LogP contribution in [0, 0.1) is 0 Å². The van der Waals surface area contributed by atoms with E-state index in [4.69, 9.17) is 9.47 Å². The Morgan fingerprint density at radius 2 is 0.857 bits per heavy atom. The van der Waals surface area contributed by atoms with Gasteiger partial charge in [-0.05, 0) is 46.5 Å². The van der Waals surface area contributed by atoms with Crippen LogP contribution in [0.15, 0.2) is 72.8 Å². The highest BCUT2D eigenvalue weighted by Gasteiger charge is 2.27. The molecule has 3 rings (SSSR count). The average Bonchev–Trinajstić information content (AvgIpc) is 2.74. The molecule has 0 N–H and O–H groups in total. The minimum atomic E-state index is -0.0989. The zero-order valence-corrected chi connectivity index (χ0v) is 17.7. The molecule has 0 radical (unpaired) electrons. The summed E-state index contributed by atoms with van der Waals surface area (Å²) in [5.41, 5.74) is 4.95. The molecule has 0 fully saturated rings. The third-order valence-electron chi connectivity index (χ3n) is 5.93. The normalized spacial score (nSPS) is 11.9. The Kier molecular flexibility index (Phi) is 5.51. The SMILES string of the molecule is COc1ccc(C(C)(C)c2cccc(C(C)(C)c3ccc(OC)cc3)c2)cc1. The minimum Gasteiger partial charge on any atom is -0.497 e. The van der Waals surface area contributed by atoms with Crippen molar-refractivity contribution < 1.29 is 9.47 Å². The molecule has 0 saturated heterocycles. The Hall–Kier alpha value is -2.74. The van der Waals surface area contributed by atoms with Gasteiger partial charge in [0.05, 0.1) is 14.2 Å². The molecule has 0 saturated carbocycles. The first-order valence-corrected chi connectivity index (χ1v) is 9.69. The van der Waals surface area contributed by atoms with Gasteiger partial charge in [0, 0.05) is 10.8 Å². The van der Waals surface area contributed by atoms with Crippen molar-refractivity contribution >= 4 is 0 Å². The van der Waals surface area contributed by atoms with Gasteiger partial charge in [-0.1, -0.05) is 76.2 Å². The third-order valence-corrected chi connectivity index (χ3v) is 5.93. The van der Waals surface area contributed by atoms with E-state index in [0.29, 0.717) is 0 Å². The van der Waals surface area contributed by atoms with Crippen molar-refractivity contribution in [3.8, 4) is 11.5 Å². The first kappa shape index (κ1) is 20.0. The van der Waals surface area contributed by atoms with Gasteiger partial charge in [-0.2, -0.15) is 0 Å². The van der Waals surface area contributed by atoms with E-state index in [0.717, 1.165) is 11.5 Å². The maximum atomic E-state index is 5.31. The lowest BCUT2D eigenvalue weighted by molar-refractivity contribution is 0.414. The smallest absolute Gasteiger partial charge is 0.118 e. The summed E-state index contributed by atoms with van der Waals surface area (Å²) in [6.07, 6.45) is 0. The zero-order chi connectivity index (χ0) is 20.4. The maximum Gasteiger partial charge on any atom is 0.118 e. The van der Waals surface area contributed by atoms with Gasteiger partial charge in [-0.3, -0.25) is 0 Å². The molecule has 0 aliphatic heterocycles. The Morgan fingerprint density at radius 3 is 1.18 bits per heavy atom. The van der Waals surface area contributed by atoms with Crippen molar-refractivity contribution in [1.82, 2.24) is 0 Å². The van der Waals surface area contributed by atoms with E-state index in [1.165, 1.54) is 22.3 Å². The summed E-state index contributed by atoms with van der Waals surface area (Å²) in [6, 6.07) is 25.7. The lowest BCUT2D eigenvalue weighted by Gasteiger charge is -2.31. The molecule has 0 spiro atoms. The van der Waals surface area contributed by atoms with Gasteiger partial charge >= 0.3 is 0 Å². The Morgan fingerprint density at radius 1 is 0.500 bits per heavy atom. The van der Waals surface area contributed by atoms with Crippen molar-refractivity contribution in [3.63, 3.8) is 0 Å². The lowest BCUT2D eigenvalue weighted by Crippen LogP contribution is -2.22. The molecule has 3 aromatic carbocycles. The standard InChI is InChI=1S/C26H30O2/c1-25(2,19-10-14-23(27-5)15-11-19)21-8-7-9-22(18-21)26(3,4)20-12-16-24(28-6)17-13-20/h7-18H,1-6H3. The molecule has 0 aromatic heterocycles. The zero-order valence-electron chi connectivity index (χ0n) is 17.7. The van der Waals surface area contributed by atoms with Crippen LogP contribution in [0.5, 0.6) is 11.5 Å². The number of rotatable bonds is 6. The Labute approximate surface area is 169 Å². The second-order valence-corrected chi connectivity index (χ2v) is 8.29. The number of methoxy groups -OCH3 is 2. The average molecular weight is 375 g/mol. The fourth-order valence-corrected chi connectivity index (χ4v) is 3.65. The molecule has 2 nitrogen and oxygen atoms in total. The van der Waals surface area contributed by atoms with Crippen molar-refractivity contribution in [2.24, 2.45) is 0 Å². The molecule has 146 valence electrons. The van der Waals surface area contributed by atoms with Crippen molar-refractivity contribution in [1.29, 1.82) is 0 Å². The number of ether oxygens (including phenoxy) is 2. The summed E-state index contributed by atoms with van der Waals surface area (Å²) in [7, 11) is 3.40. The summed E-state index contributed by atoms with van der Waals surface area (Å²) in [4.78, 5) is 0. The summed E-state index contributed by atoms with van der Waals surface area (Å²) >= 11 is 0. The van der Waals surface area contributed by atoms with E-state index >= 15 is 0 Å². The molecule has 2 heteroatoms. The number of benzene rings is 3. The molecule has 28 heavy (non-hydrogen) atoms. The molecular weight excluding hydrogens is 344 g/mol. The monoisotopic (exact) mass is 374 g/mol. The van der Waals surface area contributed by atoms with Crippen LogP contribution in [0.1, 0.15) is 49.9 Å². The Bertz CT molecular complexity index is 845. The molecule has 0 unspecified atom stereocenters. The topological polar surface area (TPSA) is 18.5 Å². The third kappa shape index (κ3) is 3.77. The molecule has 0 atom stereocenters. The maximum absolute atomic E-state index is 5.31. The van der Waals surface area contributed by atoms with E-state index < -0.39 is 0 Å². The van der Waals surface area contributed by atoms with Gasteiger partial charge in [0.2, 0.25) is 0 Å². The van der Waals surface area contributed by atoms with E-state index in [1.807, 2.05) is 24.3 Å². The summed E-state index contributed by atoms with van der Waals surface area (Å²) in [6.45, 7) is 9.09. The van der Waals surface area contributed by atoms with E-state index in [9.17, 15) is 0 Å². The van der Waals surface area contributed by atoms with Crippen LogP contribution in [0.2, 0.25) is 0 Å². The van der Waals surface area contributed by atoms with Crippen LogP contribution in [-0.2, 0) is 10.8 Å². The van der Waals surface area contributed by atoms with Crippen LogP contribution < -0.4 is 9.47 Å². The van der Waals surface area contributed by atoms with E-state index in [-0.39, 0.29) is 10.8 Å².